The van der Waals surface area contributed by atoms with Crippen LogP contribution in [0.2, 0.25) is 0 Å². The van der Waals surface area contributed by atoms with Gasteiger partial charge in [0.15, 0.2) is 0 Å². The van der Waals surface area contributed by atoms with E-state index in [9.17, 15) is 9.90 Å². The standard InChI is InChI=1S/C11H14O4/c1-2-15-11(14)7-10(13)8-3-5-9(12)6-4-8/h3-6,10,12-13H,2,7H2,1H3/t10-/m1/s1. The Bertz CT molecular complexity index is 318. The number of phenols is 1. The van der Waals surface area contributed by atoms with E-state index in [1.54, 1.807) is 19.1 Å². The predicted octanol–water partition coefficient (Wildman–Crippen LogP) is 1.38. The fourth-order valence-electron chi connectivity index (χ4n) is 1.19. The average Bonchev–Trinajstić information content (AvgIpc) is 2.18. The van der Waals surface area contributed by atoms with Gasteiger partial charge in [0, 0.05) is 0 Å². The number of aromatic hydroxyl groups is 1. The molecule has 2 N–H and O–H groups in total. The number of carbonyl (C=O) groups is 1. The van der Waals surface area contributed by atoms with Crippen LogP contribution in [0.4, 0.5) is 0 Å². The van der Waals surface area contributed by atoms with E-state index in [1.165, 1.54) is 12.1 Å². The van der Waals surface area contributed by atoms with Crippen molar-refractivity contribution in [2.24, 2.45) is 0 Å². The molecule has 0 aliphatic carbocycles. The maximum atomic E-state index is 11.1. The molecule has 0 aliphatic heterocycles. The summed E-state index contributed by atoms with van der Waals surface area (Å²) < 4.78 is 4.71. The zero-order valence-corrected chi connectivity index (χ0v) is 8.51. The highest BCUT2D eigenvalue weighted by atomic mass is 16.5. The first-order valence-electron chi connectivity index (χ1n) is 4.76. The van der Waals surface area contributed by atoms with Gasteiger partial charge in [0.1, 0.15) is 5.75 Å². The van der Waals surface area contributed by atoms with Gasteiger partial charge in [-0.15, -0.1) is 0 Å². The normalized spacial score (nSPS) is 12.1. The Hall–Kier alpha value is -1.55. The molecule has 82 valence electrons. The molecule has 0 unspecified atom stereocenters. The summed E-state index contributed by atoms with van der Waals surface area (Å²) >= 11 is 0. The Morgan fingerprint density at radius 2 is 2.00 bits per heavy atom. The van der Waals surface area contributed by atoms with Crippen LogP contribution in [0.3, 0.4) is 0 Å². The largest absolute Gasteiger partial charge is 0.508 e. The molecule has 0 saturated carbocycles. The highest BCUT2D eigenvalue weighted by Gasteiger charge is 2.13. The fourth-order valence-corrected chi connectivity index (χ4v) is 1.19. The molecule has 4 nitrogen and oxygen atoms in total. The van der Waals surface area contributed by atoms with E-state index in [2.05, 4.69) is 0 Å². The van der Waals surface area contributed by atoms with Crippen molar-refractivity contribution in [1.29, 1.82) is 0 Å². The van der Waals surface area contributed by atoms with Crippen LogP contribution in [0.1, 0.15) is 25.0 Å². The van der Waals surface area contributed by atoms with Crippen molar-refractivity contribution in [2.75, 3.05) is 6.61 Å². The topological polar surface area (TPSA) is 66.8 Å². The van der Waals surface area contributed by atoms with Gasteiger partial charge < -0.3 is 14.9 Å². The Kier molecular flexibility index (Phi) is 4.12. The number of hydrogen-bond acceptors (Lipinski definition) is 4. The Morgan fingerprint density at radius 3 is 2.53 bits per heavy atom. The zero-order valence-electron chi connectivity index (χ0n) is 8.51. The molecule has 0 spiro atoms. The lowest BCUT2D eigenvalue weighted by molar-refractivity contribution is -0.145. The summed E-state index contributed by atoms with van der Waals surface area (Å²) in [7, 11) is 0. The van der Waals surface area contributed by atoms with E-state index in [-0.39, 0.29) is 12.2 Å². The number of rotatable bonds is 4. The number of hydrogen-bond donors (Lipinski definition) is 2. The third-order valence-electron chi connectivity index (χ3n) is 1.94. The molecule has 1 aromatic rings. The molecule has 0 aliphatic rings. The van der Waals surface area contributed by atoms with Gasteiger partial charge in [0.05, 0.1) is 19.1 Å². The van der Waals surface area contributed by atoms with Gasteiger partial charge in [-0.05, 0) is 24.6 Å². The van der Waals surface area contributed by atoms with E-state index in [1.807, 2.05) is 0 Å². The van der Waals surface area contributed by atoms with Gasteiger partial charge >= 0.3 is 5.97 Å². The van der Waals surface area contributed by atoms with Crippen molar-refractivity contribution < 1.29 is 19.7 Å². The van der Waals surface area contributed by atoms with E-state index >= 15 is 0 Å². The second-order valence-corrected chi connectivity index (χ2v) is 3.12. The van der Waals surface area contributed by atoms with Crippen LogP contribution in [0.5, 0.6) is 5.75 Å². The summed E-state index contributed by atoms with van der Waals surface area (Å²) in [6, 6.07) is 6.06. The van der Waals surface area contributed by atoms with Crippen molar-refractivity contribution in [1.82, 2.24) is 0 Å². The summed E-state index contributed by atoms with van der Waals surface area (Å²) in [5.41, 5.74) is 0.584. The first-order chi connectivity index (χ1) is 7.13. The molecule has 1 rings (SSSR count). The van der Waals surface area contributed by atoms with Gasteiger partial charge in [-0.25, -0.2) is 0 Å². The highest BCUT2D eigenvalue weighted by molar-refractivity contribution is 5.70. The number of aliphatic hydroxyl groups excluding tert-OH is 1. The summed E-state index contributed by atoms with van der Waals surface area (Å²) in [4.78, 5) is 11.1. The van der Waals surface area contributed by atoms with Crippen LogP contribution in [0.15, 0.2) is 24.3 Å². The van der Waals surface area contributed by atoms with Crippen LogP contribution in [0.25, 0.3) is 0 Å². The number of ether oxygens (including phenoxy) is 1. The molecule has 0 heterocycles. The zero-order chi connectivity index (χ0) is 11.3. The van der Waals surface area contributed by atoms with Crippen molar-refractivity contribution in [2.45, 2.75) is 19.4 Å². The number of aliphatic hydroxyl groups is 1. The molecule has 0 bridgehead atoms. The molecule has 1 aromatic carbocycles. The van der Waals surface area contributed by atoms with Crippen molar-refractivity contribution in [3.05, 3.63) is 29.8 Å². The lowest BCUT2D eigenvalue weighted by Crippen LogP contribution is -2.09. The first-order valence-corrected chi connectivity index (χ1v) is 4.76. The van der Waals surface area contributed by atoms with Crippen LogP contribution in [0, 0.1) is 0 Å². The molecule has 15 heavy (non-hydrogen) atoms. The van der Waals surface area contributed by atoms with E-state index in [4.69, 9.17) is 9.84 Å². The number of carbonyl (C=O) groups excluding carboxylic acids is 1. The first kappa shape index (κ1) is 11.5. The van der Waals surface area contributed by atoms with Gasteiger partial charge in [-0.3, -0.25) is 4.79 Å². The van der Waals surface area contributed by atoms with Gasteiger partial charge in [-0.1, -0.05) is 12.1 Å². The van der Waals surface area contributed by atoms with E-state index in [0.29, 0.717) is 12.2 Å². The average molecular weight is 210 g/mol. The van der Waals surface area contributed by atoms with Crippen LogP contribution in [-0.4, -0.2) is 22.8 Å². The fraction of sp³-hybridized carbons (Fsp3) is 0.364. The highest BCUT2D eigenvalue weighted by Crippen LogP contribution is 2.19. The molecule has 1 atom stereocenters. The summed E-state index contributed by atoms with van der Waals surface area (Å²) in [6.45, 7) is 2.02. The minimum absolute atomic E-state index is 0.0708. The smallest absolute Gasteiger partial charge is 0.308 e. The quantitative estimate of drug-likeness (QED) is 0.737. The van der Waals surface area contributed by atoms with Gasteiger partial charge in [0.2, 0.25) is 0 Å². The Labute approximate surface area is 88.1 Å². The third kappa shape index (κ3) is 3.59. The molecular formula is C11H14O4. The van der Waals surface area contributed by atoms with E-state index < -0.39 is 12.1 Å². The minimum Gasteiger partial charge on any atom is -0.508 e. The molecular weight excluding hydrogens is 196 g/mol. The molecule has 0 aromatic heterocycles. The Morgan fingerprint density at radius 1 is 1.40 bits per heavy atom. The SMILES string of the molecule is CCOC(=O)C[C@@H](O)c1ccc(O)cc1. The second kappa shape index (κ2) is 5.36. The predicted molar refractivity (Wildman–Crippen MR) is 54.3 cm³/mol. The van der Waals surface area contributed by atoms with Crippen LogP contribution < -0.4 is 0 Å². The molecule has 0 fully saturated rings. The minimum atomic E-state index is -0.885. The Balaban J connectivity index is 2.57. The number of esters is 1. The lowest BCUT2D eigenvalue weighted by Gasteiger charge is -2.09. The summed E-state index contributed by atoms with van der Waals surface area (Å²) in [5, 5.41) is 18.7. The second-order valence-electron chi connectivity index (χ2n) is 3.12. The third-order valence-corrected chi connectivity index (χ3v) is 1.94. The summed E-state index contributed by atoms with van der Waals surface area (Å²) in [5.74, 6) is -0.305. The molecule has 0 amide bonds. The summed E-state index contributed by atoms with van der Waals surface area (Å²) in [6.07, 6.45) is -0.955. The van der Waals surface area contributed by atoms with Crippen molar-refractivity contribution in [3.8, 4) is 5.75 Å². The van der Waals surface area contributed by atoms with Crippen molar-refractivity contribution in [3.63, 3.8) is 0 Å². The maximum absolute atomic E-state index is 11.1. The number of benzene rings is 1. The monoisotopic (exact) mass is 210 g/mol. The molecule has 0 radical (unpaired) electrons. The van der Waals surface area contributed by atoms with Gasteiger partial charge in [0.25, 0.3) is 0 Å². The molecule has 0 saturated heterocycles. The van der Waals surface area contributed by atoms with Gasteiger partial charge in [-0.2, -0.15) is 0 Å². The van der Waals surface area contributed by atoms with E-state index in [0.717, 1.165) is 0 Å². The molecule has 4 heteroatoms. The van der Waals surface area contributed by atoms with Crippen molar-refractivity contribution >= 4 is 5.97 Å². The number of phenolic OH excluding ortho intramolecular Hbond substituents is 1. The lowest BCUT2D eigenvalue weighted by atomic mass is 10.1. The maximum Gasteiger partial charge on any atom is 0.308 e. The van der Waals surface area contributed by atoms with Crippen LogP contribution >= 0.6 is 0 Å². The van der Waals surface area contributed by atoms with Crippen LogP contribution in [-0.2, 0) is 9.53 Å².